The number of aromatic nitrogens is 4. The van der Waals surface area contributed by atoms with Crippen LogP contribution in [-0.2, 0) is 13.1 Å². The molecule has 27 heavy (non-hydrogen) atoms. The minimum atomic E-state index is 0.639. The topological polar surface area (TPSA) is 80.0 Å². The molecule has 3 aromatic rings. The zero-order valence-corrected chi connectivity index (χ0v) is 17.2. The molecule has 3 rings (SSSR count). The molecule has 0 aromatic carbocycles. The molecule has 3 aromatic heterocycles. The van der Waals surface area contributed by atoms with Crippen LogP contribution in [0.2, 0.25) is 0 Å². The standard InChI is InChI=1S/C19H25N7S/c1-12-8-13(2)26(25-12)17-7-6-16(9-21-17)10-22-19(20-5)23-11-18-24-14(3)15(4)27-18/h6-9H,10-11H2,1-5H3,(H2,20,22,23). The Morgan fingerprint density at radius 1 is 1.15 bits per heavy atom. The molecule has 3 heterocycles. The number of aryl methyl sites for hydroxylation is 4. The van der Waals surface area contributed by atoms with Gasteiger partial charge in [-0.1, -0.05) is 6.07 Å². The van der Waals surface area contributed by atoms with Gasteiger partial charge in [0, 0.05) is 30.4 Å². The van der Waals surface area contributed by atoms with Crippen molar-refractivity contribution >= 4 is 17.3 Å². The van der Waals surface area contributed by atoms with Crippen LogP contribution in [0.3, 0.4) is 0 Å². The fraction of sp³-hybridized carbons (Fsp3) is 0.368. The van der Waals surface area contributed by atoms with Gasteiger partial charge in [-0.05, 0) is 45.4 Å². The Kier molecular flexibility index (Phi) is 5.85. The van der Waals surface area contributed by atoms with Crippen LogP contribution in [0.5, 0.6) is 0 Å². The monoisotopic (exact) mass is 383 g/mol. The van der Waals surface area contributed by atoms with E-state index < -0.39 is 0 Å². The molecule has 0 radical (unpaired) electrons. The van der Waals surface area contributed by atoms with E-state index in [4.69, 9.17) is 0 Å². The third-order valence-electron chi connectivity index (χ3n) is 4.20. The van der Waals surface area contributed by atoms with E-state index in [0.29, 0.717) is 13.1 Å². The van der Waals surface area contributed by atoms with Crippen LogP contribution < -0.4 is 10.6 Å². The van der Waals surface area contributed by atoms with Gasteiger partial charge < -0.3 is 10.6 Å². The van der Waals surface area contributed by atoms with Crippen LogP contribution in [0.15, 0.2) is 29.4 Å². The first-order valence-electron chi connectivity index (χ1n) is 8.82. The summed E-state index contributed by atoms with van der Waals surface area (Å²) in [5.41, 5.74) is 4.22. The molecule has 142 valence electrons. The van der Waals surface area contributed by atoms with E-state index in [1.165, 1.54) is 4.88 Å². The fourth-order valence-electron chi connectivity index (χ4n) is 2.69. The molecular weight excluding hydrogens is 358 g/mol. The van der Waals surface area contributed by atoms with Crippen LogP contribution in [-0.4, -0.2) is 32.8 Å². The molecule has 0 fully saturated rings. The summed E-state index contributed by atoms with van der Waals surface area (Å²) >= 11 is 1.71. The van der Waals surface area contributed by atoms with Crippen molar-refractivity contribution in [3.8, 4) is 5.82 Å². The lowest BCUT2D eigenvalue weighted by atomic mass is 10.3. The summed E-state index contributed by atoms with van der Waals surface area (Å²) in [4.78, 5) is 14.6. The number of nitrogens with zero attached hydrogens (tertiary/aromatic N) is 5. The number of pyridine rings is 1. The molecule has 0 saturated carbocycles. The van der Waals surface area contributed by atoms with Gasteiger partial charge in [0.25, 0.3) is 0 Å². The predicted molar refractivity (Wildman–Crippen MR) is 109 cm³/mol. The number of guanidine groups is 1. The van der Waals surface area contributed by atoms with Crippen molar-refractivity contribution in [3.05, 3.63) is 56.9 Å². The highest BCUT2D eigenvalue weighted by molar-refractivity contribution is 7.11. The summed E-state index contributed by atoms with van der Waals surface area (Å²) in [5.74, 6) is 1.56. The Hall–Kier alpha value is -2.74. The second-order valence-electron chi connectivity index (χ2n) is 6.39. The van der Waals surface area contributed by atoms with Gasteiger partial charge in [0.1, 0.15) is 5.01 Å². The Balaban J connectivity index is 1.56. The zero-order valence-electron chi connectivity index (χ0n) is 16.4. The van der Waals surface area contributed by atoms with E-state index in [0.717, 1.165) is 39.4 Å². The summed E-state index contributed by atoms with van der Waals surface area (Å²) in [6.45, 7) is 9.43. The Labute approximate surface area is 163 Å². The number of nitrogens with one attached hydrogen (secondary N) is 2. The SMILES string of the molecule is CN=C(NCc1ccc(-n2nc(C)cc2C)nc1)NCc1nc(C)c(C)s1. The lowest BCUT2D eigenvalue weighted by Gasteiger charge is -2.11. The van der Waals surface area contributed by atoms with Crippen molar-refractivity contribution in [1.82, 2.24) is 30.4 Å². The normalized spacial score (nSPS) is 11.7. The number of rotatable bonds is 5. The third kappa shape index (κ3) is 4.71. The molecule has 2 N–H and O–H groups in total. The minimum absolute atomic E-state index is 0.639. The van der Waals surface area contributed by atoms with Crippen molar-refractivity contribution in [2.24, 2.45) is 4.99 Å². The van der Waals surface area contributed by atoms with E-state index >= 15 is 0 Å². The number of thiazole rings is 1. The van der Waals surface area contributed by atoms with Gasteiger partial charge in [-0.3, -0.25) is 4.99 Å². The highest BCUT2D eigenvalue weighted by Crippen LogP contribution is 2.16. The molecule has 7 nitrogen and oxygen atoms in total. The third-order valence-corrected chi connectivity index (χ3v) is 5.27. The fourth-order valence-corrected chi connectivity index (χ4v) is 3.56. The molecule has 0 spiro atoms. The number of hydrogen-bond donors (Lipinski definition) is 2. The number of hydrogen-bond acceptors (Lipinski definition) is 5. The molecule has 0 unspecified atom stereocenters. The second kappa shape index (κ2) is 8.30. The van der Waals surface area contributed by atoms with E-state index in [1.807, 2.05) is 49.8 Å². The van der Waals surface area contributed by atoms with E-state index in [9.17, 15) is 0 Å². The maximum Gasteiger partial charge on any atom is 0.191 e. The Bertz CT molecular complexity index is 918. The van der Waals surface area contributed by atoms with Gasteiger partial charge in [0.2, 0.25) is 0 Å². The molecule has 0 amide bonds. The molecule has 0 saturated heterocycles. The highest BCUT2D eigenvalue weighted by Gasteiger charge is 2.07. The van der Waals surface area contributed by atoms with Crippen LogP contribution in [0.25, 0.3) is 5.82 Å². The zero-order chi connectivity index (χ0) is 19.4. The van der Waals surface area contributed by atoms with Gasteiger partial charge in [0.05, 0.1) is 17.9 Å². The lowest BCUT2D eigenvalue weighted by molar-refractivity contribution is 0.788. The van der Waals surface area contributed by atoms with Crippen molar-refractivity contribution in [1.29, 1.82) is 0 Å². The van der Waals surface area contributed by atoms with E-state index in [1.54, 1.807) is 18.4 Å². The van der Waals surface area contributed by atoms with Crippen LogP contribution in [0.4, 0.5) is 0 Å². The summed E-state index contributed by atoms with van der Waals surface area (Å²) < 4.78 is 1.85. The quantitative estimate of drug-likeness (QED) is 0.523. The summed E-state index contributed by atoms with van der Waals surface area (Å²) in [7, 11) is 1.76. The van der Waals surface area contributed by atoms with Crippen molar-refractivity contribution in [2.45, 2.75) is 40.8 Å². The van der Waals surface area contributed by atoms with Crippen molar-refractivity contribution in [3.63, 3.8) is 0 Å². The predicted octanol–water partition coefficient (Wildman–Crippen LogP) is 2.82. The van der Waals surface area contributed by atoms with E-state index in [-0.39, 0.29) is 0 Å². The molecule has 0 aliphatic heterocycles. The summed E-state index contributed by atoms with van der Waals surface area (Å²) in [5, 5.41) is 12.1. The number of aliphatic imine (C=N–C) groups is 1. The maximum absolute atomic E-state index is 4.54. The largest absolute Gasteiger partial charge is 0.352 e. The van der Waals surface area contributed by atoms with Crippen LogP contribution in [0, 0.1) is 27.7 Å². The Morgan fingerprint density at radius 2 is 1.93 bits per heavy atom. The summed E-state index contributed by atoms with van der Waals surface area (Å²) in [6, 6.07) is 6.07. The van der Waals surface area contributed by atoms with Crippen LogP contribution in [0.1, 0.15) is 32.5 Å². The molecule has 0 aliphatic rings. The first kappa shape index (κ1) is 19.0. The lowest BCUT2D eigenvalue weighted by Crippen LogP contribution is -2.36. The Morgan fingerprint density at radius 3 is 2.48 bits per heavy atom. The maximum atomic E-state index is 4.54. The van der Waals surface area contributed by atoms with Crippen molar-refractivity contribution in [2.75, 3.05) is 7.05 Å². The average molecular weight is 384 g/mol. The first-order valence-corrected chi connectivity index (χ1v) is 9.64. The average Bonchev–Trinajstić information content (AvgIpc) is 3.16. The minimum Gasteiger partial charge on any atom is -0.352 e. The smallest absolute Gasteiger partial charge is 0.191 e. The molecule has 0 bridgehead atoms. The summed E-state index contributed by atoms with van der Waals surface area (Å²) in [6.07, 6.45) is 1.86. The van der Waals surface area contributed by atoms with Gasteiger partial charge in [-0.2, -0.15) is 5.10 Å². The van der Waals surface area contributed by atoms with Gasteiger partial charge >= 0.3 is 0 Å². The van der Waals surface area contributed by atoms with Gasteiger partial charge in [-0.15, -0.1) is 11.3 Å². The van der Waals surface area contributed by atoms with Gasteiger partial charge in [0.15, 0.2) is 11.8 Å². The first-order chi connectivity index (χ1) is 13.0. The highest BCUT2D eigenvalue weighted by atomic mass is 32.1. The van der Waals surface area contributed by atoms with Crippen molar-refractivity contribution < 1.29 is 0 Å². The molecule has 8 heteroatoms. The molecule has 0 aliphatic carbocycles. The van der Waals surface area contributed by atoms with Crippen LogP contribution >= 0.6 is 11.3 Å². The molecular formula is C19H25N7S. The van der Waals surface area contributed by atoms with E-state index in [2.05, 4.69) is 37.6 Å². The molecule has 0 atom stereocenters. The van der Waals surface area contributed by atoms with Gasteiger partial charge in [-0.25, -0.2) is 14.6 Å². The second-order valence-corrected chi connectivity index (χ2v) is 7.68.